The number of para-hydroxylation sites is 1. The van der Waals surface area contributed by atoms with E-state index in [1.54, 1.807) is 0 Å². The van der Waals surface area contributed by atoms with Crippen molar-refractivity contribution in [2.24, 2.45) is 0 Å². The Balaban J connectivity index is 1.22. The minimum Gasteiger partial charge on any atom is -0.457 e. The van der Waals surface area contributed by atoms with Gasteiger partial charge in [-0.3, -0.25) is 0 Å². The molecule has 0 saturated carbocycles. The van der Waals surface area contributed by atoms with Crippen molar-refractivity contribution in [3.8, 4) is 33.8 Å². The molecule has 2 heteroatoms. The van der Waals surface area contributed by atoms with Gasteiger partial charge in [-0.05, 0) is 103 Å². The first-order valence-electron chi connectivity index (χ1n) is 18.3. The number of rotatable bonds is 4. The second kappa shape index (κ2) is 11.6. The molecule has 0 aromatic heterocycles. The fourth-order valence-electron chi connectivity index (χ4n) is 9.03. The molecular formula is C51H33NO. The lowest BCUT2D eigenvalue weighted by atomic mass is 9.65. The fraction of sp³-hybridized carbons (Fsp3) is 0.0196. The number of ether oxygens (including phenoxy) is 1. The van der Waals surface area contributed by atoms with Crippen LogP contribution in [0.3, 0.4) is 0 Å². The Hall–Kier alpha value is -6.90. The predicted octanol–water partition coefficient (Wildman–Crippen LogP) is 13.6. The molecule has 0 N–H and O–H groups in total. The normalized spacial score (nSPS) is 15.0. The number of hydrogen-bond donors (Lipinski definition) is 0. The summed E-state index contributed by atoms with van der Waals surface area (Å²) >= 11 is 0. The number of benzene rings is 9. The van der Waals surface area contributed by atoms with Crippen molar-refractivity contribution in [1.82, 2.24) is 0 Å². The summed E-state index contributed by atoms with van der Waals surface area (Å²) in [6, 6.07) is 72.8. The quantitative estimate of drug-likeness (QED) is 0.184. The molecule has 0 amide bonds. The van der Waals surface area contributed by atoms with Gasteiger partial charge >= 0.3 is 0 Å². The van der Waals surface area contributed by atoms with Gasteiger partial charge in [0.25, 0.3) is 0 Å². The highest BCUT2D eigenvalue weighted by atomic mass is 16.5. The first-order chi connectivity index (χ1) is 26.3. The maximum atomic E-state index is 6.80. The van der Waals surface area contributed by atoms with Crippen molar-refractivity contribution in [2.45, 2.75) is 5.41 Å². The van der Waals surface area contributed by atoms with Crippen molar-refractivity contribution in [3.05, 3.63) is 222 Å². The maximum absolute atomic E-state index is 6.80. The molecule has 1 spiro atoms. The van der Waals surface area contributed by atoms with Crippen LogP contribution in [0.25, 0.3) is 43.8 Å². The minimum atomic E-state index is -0.603. The molecular weight excluding hydrogens is 643 g/mol. The molecule has 1 atom stereocenters. The molecule has 1 heterocycles. The number of hydrogen-bond acceptors (Lipinski definition) is 2. The van der Waals surface area contributed by atoms with E-state index in [0.29, 0.717) is 0 Å². The van der Waals surface area contributed by atoms with Crippen LogP contribution in [-0.2, 0) is 5.41 Å². The Morgan fingerprint density at radius 3 is 1.91 bits per heavy atom. The molecule has 0 bridgehead atoms. The van der Waals surface area contributed by atoms with E-state index in [1.165, 1.54) is 60.5 Å². The molecule has 2 aliphatic rings. The van der Waals surface area contributed by atoms with Crippen molar-refractivity contribution in [1.29, 1.82) is 0 Å². The summed E-state index contributed by atoms with van der Waals surface area (Å²) in [4.78, 5) is 2.42. The standard InChI is InChI=1S/C51H33NO/c1-2-13-34(14-3-1)38-18-12-19-39(31-38)52(40-27-25-35-15-4-5-17-37(35)32-40)41-28-29-44-43-21-8-9-22-45(43)51(47(44)33-41)46-23-10-11-24-48(46)53-49-30-26-36-16-6-7-20-42(36)50(49)51/h1-33H. The van der Waals surface area contributed by atoms with Gasteiger partial charge in [-0.25, -0.2) is 0 Å². The second-order valence-electron chi connectivity index (χ2n) is 14.1. The highest BCUT2D eigenvalue weighted by Crippen LogP contribution is 2.64. The molecule has 0 fully saturated rings. The van der Waals surface area contributed by atoms with E-state index in [2.05, 4.69) is 205 Å². The smallest absolute Gasteiger partial charge is 0.132 e. The van der Waals surface area contributed by atoms with Crippen molar-refractivity contribution in [3.63, 3.8) is 0 Å². The molecule has 1 unspecified atom stereocenters. The first kappa shape index (κ1) is 29.8. The van der Waals surface area contributed by atoms with Gasteiger partial charge in [-0.2, -0.15) is 0 Å². The van der Waals surface area contributed by atoms with E-state index in [-0.39, 0.29) is 0 Å². The summed E-state index contributed by atoms with van der Waals surface area (Å²) in [5.41, 5.74) is 12.5. The molecule has 1 aliphatic heterocycles. The van der Waals surface area contributed by atoms with Crippen LogP contribution in [-0.4, -0.2) is 0 Å². The fourth-order valence-corrected chi connectivity index (χ4v) is 9.03. The third-order valence-corrected chi connectivity index (χ3v) is 11.3. The van der Waals surface area contributed by atoms with Crippen LogP contribution in [0.4, 0.5) is 17.1 Å². The van der Waals surface area contributed by atoms with E-state index in [4.69, 9.17) is 4.74 Å². The second-order valence-corrected chi connectivity index (χ2v) is 14.1. The molecule has 0 radical (unpaired) electrons. The van der Waals surface area contributed by atoms with Gasteiger partial charge < -0.3 is 9.64 Å². The van der Waals surface area contributed by atoms with Gasteiger partial charge in [-0.15, -0.1) is 0 Å². The molecule has 2 nitrogen and oxygen atoms in total. The van der Waals surface area contributed by atoms with Crippen molar-refractivity contribution in [2.75, 3.05) is 4.90 Å². The molecule has 11 rings (SSSR count). The topological polar surface area (TPSA) is 12.5 Å². The summed E-state index contributed by atoms with van der Waals surface area (Å²) in [6.07, 6.45) is 0. The summed E-state index contributed by atoms with van der Waals surface area (Å²) < 4.78 is 6.80. The van der Waals surface area contributed by atoms with Gasteiger partial charge in [-0.1, -0.05) is 152 Å². The average molecular weight is 676 g/mol. The summed E-state index contributed by atoms with van der Waals surface area (Å²) in [5, 5.41) is 4.83. The van der Waals surface area contributed by atoms with Crippen LogP contribution >= 0.6 is 0 Å². The Morgan fingerprint density at radius 2 is 1.00 bits per heavy atom. The van der Waals surface area contributed by atoms with Gasteiger partial charge in [0, 0.05) is 28.2 Å². The van der Waals surface area contributed by atoms with Crippen LogP contribution in [0.5, 0.6) is 11.5 Å². The van der Waals surface area contributed by atoms with Crippen molar-refractivity contribution < 1.29 is 4.74 Å². The van der Waals surface area contributed by atoms with Crippen LogP contribution in [0.15, 0.2) is 200 Å². The monoisotopic (exact) mass is 675 g/mol. The van der Waals surface area contributed by atoms with E-state index in [9.17, 15) is 0 Å². The zero-order valence-electron chi connectivity index (χ0n) is 28.9. The molecule has 53 heavy (non-hydrogen) atoms. The van der Waals surface area contributed by atoms with Gasteiger partial charge in [0.1, 0.15) is 11.5 Å². The average Bonchev–Trinajstić information content (AvgIpc) is 3.51. The predicted molar refractivity (Wildman–Crippen MR) is 219 cm³/mol. The third-order valence-electron chi connectivity index (χ3n) is 11.3. The third kappa shape index (κ3) is 4.39. The molecule has 248 valence electrons. The Kier molecular flexibility index (Phi) is 6.50. The van der Waals surface area contributed by atoms with E-state index < -0.39 is 5.41 Å². The Labute approximate surface area is 308 Å². The number of nitrogens with zero attached hydrogens (tertiary/aromatic N) is 1. The van der Waals surface area contributed by atoms with Gasteiger partial charge in [0.15, 0.2) is 0 Å². The summed E-state index contributed by atoms with van der Waals surface area (Å²) in [7, 11) is 0. The van der Waals surface area contributed by atoms with Crippen molar-refractivity contribution >= 4 is 38.6 Å². The van der Waals surface area contributed by atoms with Gasteiger partial charge in [0.2, 0.25) is 0 Å². The van der Waals surface area contributed by atoms with Gasteiger partial charge in [0.05, 0.1) is 5.41 Å². The minimum absolute atomic E-state index is 0.603. The van der Waals surface area contributed by atoms with Crippen LogP contribution in [0.2, 0.25) is 0 Å². The number of anilines is 3. The van der Waals surface area contributed by atoms with E-state index >= 15 is 0 Å². The van der Waals surface area contributed by atoms with E-state index in [1.807, 2.05) is 0 Å². The highest BCUT2D eigenvalue weighted by Gasteiger charge is 2.52. The lowest BCUT2D eigenvalue weighted by Crippen LogP contribution is -2.32. The lowest BCUT2D eigenvalue weighted by molar-refractivity contribution is 0.438. The van der Waals surface area contributed by atoms with Crippen LogP contribution in [0, 0.1) is 0 Å². The summed E-state index contributed by atoms with van der Waals surface area (Å²) in [6.45, 7) is 0. The Bertz CT molecular complexity index is 2890. The zero-order chi connectivity index (χ0) is 34.9. The molecule has 0 saturated heterocycles. The SMILES string of the molecule is c1ccc(-c2cccc(N(c3ccc4c(c3)C3(c5ccccc5Oc5ccc6ccccc6c53)c3ccccc3-4)c3ccc4ccccc4c3)c2)cc1. The zero-order valence-corrected chi connectivity index (χ0v) is 28.9. The summed E-state index contributed by atoms with van der Waals surface area (Å²) in [5.74, 6) is 1.79. The number of fused-ring (bicyclic) bond motifs is 12. The van der Waals surface area contributed by atoms with Crippen LogP contribution < -0.4 is 9.64 Å². The van der Waals surface area contributed by atoms with E-state index in [0.717, 1.165) is 34.1 Å². The molecule has 9 aromatic carbocycles. The molecule has 9 aromatic rings. The van der Waals surface area contributed by atoms with Crippen LogP contribution in [0.1, 0.15) is 22.3 Å². The largest absolute Gasteiger partial charge is 0.457 e. The first-order valence-corrected chi connectivity index (χ1v) is 18.3. The molecule has 1 aliphatic carbocycles. The maximum Gasteiger partial charge on any atom is 0.132 e. The Morgan fingerprint density at radius 1 is 0.358 bits per heavy atom. The lowest BCUT2D eigenvalue weighted by Gasteiger charge is -2.40. The highest BCUT2D eigenvalue weighted by molar-refractivity contribution is 5.98.